The van der Waals surface area contributed by atoms with Crippen molar-refractivity contribution in [3.05, 3.63) is 59.2 Å². The molecule has 0 aromatic heterocycles. The van der Waals surface area contributed by atoms with E-state index in [0.717, 1.165) is 30.5 Å². The summed E-state index contributed by atoms with van der Waals surface area (Å²) in [6.07, 6.45) is -2.28. The molecule has 3 rings (SSSR count). The molecule has 0 unspecified atom stereocenters. The summed E-state index contributed by atoms with van der Waals surface area (Å²) >= 11 is 0. The molecule has 1 saturated carbocycles. The second-order valence-electron chi connectivity index (χ2n) is 5.26. The number of benzene rings is 2. The molecule has 0 spiro atoms. The van der Waals surface area contributed by atoms with Gasteiger partial charge in [-0.05, 0) is 66.8 Å². The Morgan fingerprint density at radius 1 is 1.05 bits per heavy atom. The van der Waals surface area contributed by atoms with E-state index in [1.165, 1.54) is 12.1 Å². The largest absolute Gasteiger partial charge is 0.457 e. The van der Waals surface area contributed by atoms with Crippen LogP contribution in [0.15, 0.2) is 42.5 Å². The first-order chi connectivity index (χ1) is 10.5. The van der Waals surface area contributed by atoms with Crippen LogP contribution < -0.4 is 4.74 Å². The normalized spacial score (nSPS) is 14.5. The molecule has 0 heterocycles. The van der Waals surface area contributed by atoms with Gasteiger partial charge in [-0.25, -0.2) is 0 Å². The maximum absolute atomic E-state index is 12.5. The van der Waals surface area contributed by atoms with Crippen LogP contribution in [0.3, 0.4) is 0 Å². The molecular formula is C17H12F3NO. The van der Waals surface area contributed by atoms with Crippen molar-refractivity contribution in [1.82, 2.24) is 0 Å². The molecule has 2 aromatic carbocycles. The Balaban J connectivity index is 1.85. The van der Waals surface area contributed by atoms with Crippen LogP contribution in [-0.4, -0.2) is 0 Å². The van der Waals surface area contributed by atoms with Crippen LogP contribution in [0, 0.1) is 11.3 Å². The summed E-state index contributed by atoms with van der Waals surface area (Å²) in [4.78, 5) is 0. The minimum Gasteiger partial charge on any atom is -0.457 e. The molecule has 0 N–H and O–H groups in total. The quantitative estimate of drug-likeness (QED) is 0.776. The fourth-order valence-corrected chi connectivity index (χ4v) is 2.26. The molecule has 0 atom stereocenters. The smallest absolute Gasteiger partial charge is 0.416 e. The summed E-state index contributed by atoms with van der Waals surface area (Å²) in [6.45, 7) is 0. The number of nitrogens with zero attached hydrogens (tertiary/aromatic N) is 1. The van der Waals surface area contributed by atoms with Crippen molar-refractivity contribution in [3.63, 3.8) is 0 Å². The average molecular weight is 303 g/mol. The zero-order valence-corrected chi connectivity index (χ0v) is 11.5. The van der Waals surface area contributed by atoms with Crippen LogP contribution in [0.4, 0.5) is 13.2 Å². The molecule has 2 nitrogen and oxygen atoms in total. The topological polar surface area (TPSA) is 33.0 Å². The van der Waals surface area contributed by atoms with E-state index in [0.29, 0.717) is 23.0 Å². The molecule has 1 fully saturated rings. The van der Waals surface area contributed by atoms with Crippen molar-refractivity contribution in [2.45, 2.75) is 24.9 Å². The lowest BCUT2D eigenvalue weighted by Gasteiger charge is -2.12. The molecule has 5 heteroatoms. The number of alkyl halides is 3. The van der Waals surface area contributed by atoms with Crippen LogP contribution in [0.5, 0.6) is 11.5 Å². The van der Waals surface area contributed by atoms with E-state index >= 15 is 0 Å². The molecular weight excluding hydrogens is 291 g/mol. The molecule has 0 amide bonds. The molecule has 1 aliphatic rings. The van der Waals surface area contributed by atoms with E-state index in [2.05, 4.69) is 6.07 Å². The highest BCUT2D eigenvalue weighted by Crippen LogP contribution is 2.45. The molecule has 0 aliphatic heterocycles. The van der Waals surface area contributed by atoms with Crippen LogP contribution in [0.2, 0.25) is 0 Å². The van der Waals surface area contributed by atoms with Gasteiger partial charge >= 0.3 is 6.18 Å². The predicted molar refractivity (Wildman–Crippen MR) is 74.7 cm³/mol. The number of halogens is 3. The summed E-state index contributed by atoms with van der Waals surface area (Å²) in [5.74, 6) is 1.32. The highest BCUT2D eigenvalue weighted by atomic mass is 19.4. The van der Waals surface area contributed by atoms with Gasteiger partial charge in [0.2, 0.25) is 0 Å². The lowest BCUT2D eigenvalue weighted by atomic mass is 10.1. The van der Waals surface area contributed by atoms with Gasteiger partial charge in [0, 0.05) is 0 Å². The van der Waals surface area contributed by atoms with E-state index < -0.39 is 11.7 Å². The molecule has 0 bridgehead atoms. The third kappa shape index (κ3) is 3.06. The van der Waals surface area contributed by atoms with Crippen molar-refractivity contribution in [2.24, 2.45) is 0 Å². The monoisotopic (exact) mass is 303 g/mol. The zero-order chi connectivity index (χ0) is 15.7. The molecule has 0 saturated heterocycles. The van der Waals surface area contributed by atoms with E-state index in [1.807, 2.05) is 0 Å². The number of hydrogen-bond acceptors (Lipinski definition) is 2. The molecule has 112 valence electrons. The van der Waals surface area contributed by atoms with Gasteiger partial charge in [0.25, 0.3) is 0 Å². The Morgan fingerprint density at radius 2 is 1.73 bits per heavy atom. The molecule has 0 radical (unpaired) electrons. The number of nitriles is 1. The van der Waals surface area contributed by atoms with Crippen LogP contribution >= 0.6 is 0 Å². The fraction of sp³-hybridized carbons (Fsp3) is 0.235. The third-order valence-corrected chi connectivity index (χ3v) is 3.57. The Labute approximate surface area is 125 Å². The first-order valence-corrected chi connectivity index (χ1v) is 6.86. The fourth-order valence-electron chi connectivity index (χ4n) is 2.26. The lowest BCUT2D eigenvalue weighted by Crippen LogP contribution is -2.04. The van der Waals surface area contributed by atoms with Gasteiger partial charge in [-0.3, -0.25) is 0 Å². The minimum atomic E-state index is -4.36. The SMILES string of the molecule is N#Cc1ccc(Oc2ccc(C(F)(F)F)cc2)c(C2CC2)c1. The van der Waals surface area contributed by atoms with Gasteiger partial charge in [0.1, 0.15) is 11.5 Å². The van der Waals surface area contributed by atoms with Crippen molar-refractivity contribution < 1.29 is 17.9 Å². The second kappa shape index (κ2) is 5.38. The summed E-state index contributed by atoms with van der Waals surface area (Å²) in [5, 5.41) is 8.95. The number of hydrogen-bond donors (Lipinski definition) is 0. The summed E-state index contributed by atoms with van der Waals surface area (Å²) in [7, 11) is 0. The zero-order valence-electron chi connectivity index (χ0n) is 11.5. The number of rotatable bonds is 3. The van der Waals surface area contributed by atoms with Gasteiger partial charge < -0.3 is 4.74 Å². The summed E-state index contributed by atoms with van der Waals surface area (Å²) < 4.78 is 43.3. The summed E-state index contributed by atoms with van der Waals surface area (Å²) in [6, 6.07) is 11.8. The summed E-state index contributed by atoms with van der Waals surface area (Å²) in [5.41, 5.74) is 0.794. The minimum absolute atomic E-state index is 0.347. The Hall–Kier alpha value is -2.48. The standard InChI is InChI=1S/C17H12F3NO/c18-17(19,20)13-4-6-14(7-5-13)22-16-8-1-11(10-21)9-15(16)12-2-3-12/h1,4-9,12H,2-3H2. The molecule has 22 heavy (non-hydrogen) atoms. The van der Waals surface area contributed by atoms with Crippen LogP contribution in [0.1, 0.15) is 35.4 Å². The Morgan fingerprint density at radius 3 is 2.27 bits per heavy atom. The highest BCUT2D eigenvalue weighted by molar-refractivity contribution is 5.47. The van der Waals surface area contributed by atoms with E-state index in [4.69, 9.17) is 10.00 Å². The highest BCUT2D eigenvalue weighted by Gasteiger charge is 2.30. The van der Waals surface area contributed by atoms with Gasteiger partial charge in [0.15, 0.2) is 0 Å². The van der Waals surface area contributed by atoms with Gasteiger partial charge in [0.05, 0.1) is 17.2 Å². The van der Waals surface area contributed by atoms with E-state index in [1.54, 1.807) is 18.2 Å². The van der Waals surface area contributed by atoms with Crippen molar-refractivity contribution in [2.75, 3.05) is 0 Å². The van der Waals surface area contributed by atoms with Gasteiger partial charge in [-0.2, -0.15) is 18.4 Å². The van der Waals surface area contributed by atoms with Crippen molar-refractivity contribution >= 4 is 0 Å². The van der Waals surface area contributed by atoms with Gasteiger partial charge in [-0.15, -0.1) is 0 Å². The Bertz CT molecular complexity index is 725. The van der Waals surface area contributed by atoms with Crippen molar-refractivity contribution in [1.29, 1.82) is 5.26 Å². The van der Waals surface area contributed by atoms with E-state index in [9.17, 15) is 13.2 Å². The third-order valence-electron chi connectivity index (χ3n) is 3.57. The molecule has 2 aromatic rings. The first-order valence-electron chi connectivity index (χ1n) is 6.86. The van der Waals surface area contributed by atoms with Crippen molar-refractivity contribution in [3.8, 4) is 17.6 Å². The predicted octanol–water partition coefficient (Wildman–Crippen LogP) is 5.25. The second-order valence-corrected chi connectivity index (χ2v) is 5.26. The Kier molecular flexibility index (Phi) is 3.53. The first kappa shape index (κ1) is 14.5. The number of ether oxygens (including phenoxy) is 1. The maximum Gasteiger partial charge on any atom is 0.416 e. The van der Waals surface area contributed by atoms with Gasteiger partial charge in [-0.1, -0.05) is 0 Å². The molecule has 1 aliphatic carbocycles. The van der Waals surface area contributed by atoms with E-state index in [-0.39, 0.29) is 0 Å². The lowest BCUT2D eigenvalue weighted by molar-refractivity contribution is -0.137. The van der Waals surface area contributed by atoms with Crippen LogP contribution in [0.25, 0.3) is 0 Å². The maximum atomic E-state index is 12.5. The average Bonchev–Trinajstić information content (AvgIpc) is 3.32. The van der Waals surface area contributed by atoms with Crippen LogP contribution in [-0.2, 0) is 6.18 Å².